The van der Waals surface area contributed by atoms with E-state index in [2.05, 4.69) is 16.3 Å². The molecule has 0 aliphatic carbocycles. The monoisotopic (exact) mass is 368 g/mol. The molecule has 1 aromatic carbocycles. The van der Waals surface area contributed by atoms with Crippen molar-refractivity contribution in [1.29, 1.82) is 5.26 Å². The van der Waals surface area contributed by atoms with Gasteiger partial charge in [-0.15, -0.1) is 11.3 Å². The zero-order chi connectivity index (χ0) is 18.5. The van der Waals surface area contributed by atoms with Crippen LogP contribution in [0.5, 0.6) is 0 Å². The number of carbonyl (C=O) groups excluding carboxylic acids is 2. The maximum absolute atomic E-state index is 12.5. The lowest BCUT2D eigenvalue weighted by Gasteiger charge is -2.37. The summed E-state index contributed by atoms with van der Waals surface area (Å²) < 4.78 is 0. The van der Waals surface area contributed by atoms with Crippen LogP contribution in [0.4, 0.5) is 5.69 Å². The molecule has 3 rings (SSSR count). The number of nitrogens with zero attached hydrogens (tertiary/aromatic N) is 3. The molecule has 26 heavy (non-hydrogen) atoms. The van der Waals surface area contributed by atoms with Crippen LogP contribution in [-0.4, -0.2) is 53.8 Å². The number of anilines is 1. The second kappa shape index (κ2) is 8.13. The summed E-state index contributed by atoms with van der Waals surface area (Å²) >= 11 is 1.45. The number of nitriles is 1. The number of amides is 2. The Morgan fingerprint density at radius 1 is 1.15 bits per heavy atom. The van der Waals surface area contributed by atoms with Gasteiger partial charge in [-0.05, 0) is 30.5 Å². The van der Waals surface area contributed by atoms with Crippen molar-refractivity contribution in [2.75, 3.05) is 31.5 Å². The number of nitrogens with one attached hydrogen (secondary N) is 1. The van der Waals surface area contributed by atoms with Crippen molar-refractivity contribution in [3.63, 3.8) is 0 Å². The lowest BCUT2D eigenvalue weighted by atomic mass is 10.1. The van der Waals surface area contributed by atoms with Gasteiger partial charge in [-0.25, -0.2) is 0 Å². The minimum Gasteiger partial charge on any atom is -0.335 e. The van der Waals surface area contributed by atoms with Crippen LogP contribution in [0.2, 0.25) is 0 Å². The molecule has 1 aliphatic heterocycles. The van der Waals surface area contributed by atoms with Crippen LogP contribution < -0.4 is 5.32 Å². The first-order valence-electron chi connectivity index (χ1n) is 8.47. The standard InChI is InChI=1S/C19H20N4O2S/c1-14(18(24)21-16-6-3-2-5-15(16)13-20)22-8-10-23(11-9-22)19(25)17-7-4-12-26-17/h2-7,12,14H,8-11H2,1H3,(H,21,24)/t14-/m1/s1. The summed E-state index contributed by atoms with van der Waals surface area (Å²) in [4.78, 5) is 29.6. The van der Waals surface area contributed by atoms with Crippen molar-refractivity contribution in [2.45, 2.75) is 13.0 Å². The van der Waals surface area contributed by atoms with E-state index in [0.717, 1.165) is 4.88 Å². The smallest absolute Gasteiger partial charge is 0.264 e. The lowest BCUT2D eigenvalue weighted by Crippen LogP contribution is -2.54. The zero-order valence-electron chi connectivity index (χ0n) is 14.5. The lowest BCUT2D eigenvalue weighted by molar-refractivity contribution is -0.121. The Balaban J connectivity index is 1.56. The Labute approximate surface area is 156 Å². The molecule has 7 heteroatoms. The van der Waals surface area contributed by atoms with Gasteiger partial charge in [0, 0.05) is 26.2 Å². The molecule has 0 spiro atoms. The number of piperazine rings is 1. The molecule has 134 valence electrons. The van der Waals surface area contributed by atoms with Gasteiger partial charge in [0.05, 0.1) is 22.2 Å². The van der Waals surface area contributed by atoms with E-state index in [1.807, 2.05) is 29.3 Å². The van der Waals surface area contributed by atoms with E-state index in [0.29, 0.717) is 37.4 Å². The van der Waals surface area contributed by atoms with E-state index in [1.54, 1.807) is 24.3 Å². The molecule has 1 N–H and O–H groups in total. The predicted octanol–water partition coefficient (Wildman–Crippen LogP) is 2.40. The van der Waals surface area contributed by atoms with Crippen molar-refractivity contribution < 1.29 is 9.59 Å². The van der Waals surface area contributed by atoms with Gasteiger partial charge in [0.2, 0.25) is 5.91 Å². The molecule has 1 atom stereocenters. The number of thiophene rings is 1. The van der Waals surface area contributed by atoms with Crippen LogP contribution >= 0.6 is 11.3 Å². The number of hydrogen-bond donors (Lipinski definition) is 1. The van der Waals surface area contributed by atoms with Crippen LogP contribution in [0.15, 0.2) is 41.8 Å². The third-order valence-electron chi connectivity index (χ3n) is 4.57. The number of carbonyl (C=O) groups is 2. The molecule has 0 radical (unpaired) electrons. The number of benzene rings is 1. The average Bonchev–Trinajstić information content (AvgIpc) is 3.22. The molecular weight excluding hydrogens is 348 g/mol. The second-order valence-corrected chi connectivity index (χ2v) is 7.08. The average molecular weight is 368 g/mol. The third kappa shape index (κ3) is 3.93. The second-order valence-electron chi connectivity index (χ2n) is 6.13. The summed E-state index contributed by atoms with van der Waals surface area (Å²) in [6, 6.07) is 12.4. The Hall–Kier alpha value is -2.69. The van der Waals surface area contributed by atoms with Crippen LogP contribution in [0.25, 0.3) is 0 Å². The summed E-state index contributed by atoms with van der Waals surface area (Å²) in [5, 5.41) is 13.9. The first-order chi connectivity index (χ1) is 12.6. The van der Waals surface area contributed by atoms with Crippen LogP contribution in [0, 0.1) is 11.3 Å². The molecule has 2 amide bonds. The highest BCUT2D eigenvalue weighted by atomic mass is 32.1. The van der Waals surface area contributed by atoms with Crippen molar-refractivity contribution in [3.05, 3.63) is 52.2 Å². The van der Waals surface area contributed by atoms with Gasteiger partial charge >= 0.3 is 0 Å². The van der Waals surface area contributed by atoms with Gasteiger partial charge in [-0.3, -0.25) is 14.5 Å². The van der Waals surface area contributed by atoms with Crippen molar-refractivity contribution in [3.8, 4) is 6.07 Å². The Bertz CT molecular complexity index is 820. The molecule has 0 saturated carbocycles. The molecule has 1 saturated heterocycles. The third-order valence-corrected chi connectivity index (χ3v) is 5.42. The van der Waals surface area contributed by atoms with Gasteiger partial charge in [-0.1, -0.05) is 18.2 Å². The summed E-state index contributed by atoms with van der Waals surface area (Å²) in [5.41, 5.74) is 0.970. The number of hydrogen-bond acceptors (Lipinski definition) is 5. The minimum atomic E-state index is -0.333. The number of para-hydroxylation sites is 1. The van der Waals surface area contributed by atoms with Crippen LogP contribution in [-0.2, 0) is 4.79 Å². The highest BCUT2D eigenvalue weighted by molar-refractivity contribution is 7.12. The summed E-state index contributed by atoms with van der Waals surface area (Å²) in [7, 11) is 0. The fourth-order valence-corrected chi connectivity index (χ4v) is 3.65. The van der Waals surface area contributed by atoms with Crippen molar-refractivity contribution in [2.24, 2.45) is 0 Å². The molecule has 2 heterocycles. The van der Waals surface area contributed by atoms with Crippen molar-refractivity contribution in [1.82, 2.24) is 9.80 Å². The van der Waals surface area contributed by atoms with E-state index in [-0.39, 0.29) is 17.9 Å². The van der Waals surface area contributed by atoms with Gasteiger partial charge in [-0.2, -0.15) is 5.26 Å². The summed E-state index contributed by atoms with van der Waals surface area (Å²) in [6.07, 6.45) is 0. The van der Waals surface area contributed by atoms with E-state index >= 15 is 0 Å². The summed E-state index contributed by atoms with van der Waals surface area (Å²) in [6.45, 7) is 4.34. The maximum atomic E-state index is 12.5. The zero-order valence-corrected chi connectivity index (χ0v) is 15.3. The van der Waals surface area contributed by atoms with E-state index in [9.17, 15) is 9.59 Å². The number of rotatable bonds is 4. The molecule has 1 fully saturated rings. The van der Waals surface area contributed by atoms with Crippen LogP contribution in [0.3, 0.4) is 0 Å². The van der Waals surface area contributed by atoms with Gasteiger partial charge in [0.25, 0.3) is 5.91 Å². The highest BCUT2D eigenvalue weighted by Gasteiger charge is 2.28. The summed E-state index contributed by atoms with van der Waals surface area (Å²) in [5.74, 6) is -0.0922. The first-order valence-corrected chi connectivity index (χ1v) is 9.35. The Kier molecular flexibility index (Phi) is 5.66. The topological polar surface area (TPSA) is 76.4 Å². The maximum Gasteiger partial charge on any atom is 0.264 e. The Morgan fingerprint density at radius 2 is 1.88 bits per heavy atom. The molecule has 0 bridgehead atoms. The molecule has 1 aliphatic rings. The van der Waals surface area contributed by atoms with Gasteiger partial charge in [0.1, 0.15) is 6.07 Å². The van der Waals surface area contributed by atoms with E-state index in [4.69, 9.17) is 5.26 Å². The minimum absolute atomic E-state index is 0.0553. The van der Waals surface area contributed by atoms with Gasteiger partial charge < -0.3 is 10.2 Å². The fourth-order valence-electron chi connectivity index (χ4n) is 2.96. The molecule has 1 aromatic heterocycles. The molecular formula is C19H20N4O2S. The fraction of sp³-hybridized carbons (Fsp3) is 0.316. The van der Waals surface area contributed by atoms with Gasteiger partial charge in [0.15, 0.2) is 0 Å². The Morgan fingerprint density at radius 3 is 2.54 bits per heavy atom. The molecule has 6 nitrogen and oxygen atoms in total. The first kappa shape index (κ1) is 18.1. The normalized spacial score (nSPS) is 15.9. The SMILES string of the molecule is C[C@H](C(=O)Nc1ccccc1C#N)N1CCN(C(=O)c2cccs2)CC1. The van der Waals surface area contributed by atoms with Crippen molar-refractivity contribution >= 4 is 28.8 Å². The molecule has 0 unspecified atom stereocenters. The highest BCUT2D eigenvalue weighted by Crippen LogP contribution is 2.17. The predicted molar refractivity (Wildman–Crippen MR) is 101 cm³/mol. The van der Waals surface area contributed by atoms with Crippen LogP contribution in [0.1, 0.15) is 22.2 Å². The van der Waals surface area contributed by atoms with E-state index < -0.39 is 0 Å². The largest absolute Gasteiger partial charge is 0.335 e. The van der Waals surface area contributed by atoms with E-state index in [1.165, 1.54) is 11.3 Å². The molecule has 2 aromatic rings. The quantitative estimate of drug-likeness (QED) is 0.899.